The van der Waals surface area contributed by atoms with E-state index in [1.165, 1.54) is 13.1 Å². The van der Waals surface area contributed by atoms with Crippen LogP contribution in [0.4, 0.5) is 0 Å². The Morgan fingerprint density at radius 2 is 0.864 bits per heavy atom. The molecule has 0 saturated carbocycles. The van der Waals surface area contributed by atoms with Crippen molar-refractivity contribution in [2.75, 3.05) is 0 Å². The summed E-state index contributed by atoms with van der Waals surface area (Å²) in [6.45, 7) is 2.91. The van der Waals surface area contributed by atoms with Crippen molar-refractivity contribution in [1.29, 1.82) is 0 Å². The van der Waals surface area contributed by atoms with Crippen LogP contribution in [0.2, 0.25) is 13.1 Å². The summed E-state index contributed by atoms with van der Waals surface area (Å²) in [5, 5.41) is 1.15. The summed E-state index contributed by atoms with van der Waals surface area (Å²) >= 11 is 0. The van der Waals surface area contributed by atoms with Gasteiger partial charge in [-0.1, -0.05) is 60.7 Å². The van der Waals surface area contributed by atoms with E-state index in [0.717, 1.165) is 11.1 Å². The fourth-order valence-electron chi connectivity index (χ4n) is 2.01. The molecule has 0 atom stereocenters. The molecule has 2 aromatic rings. The van der Waals surface area contributed by atoms with Crippen LogP contribution in [0.15, 0.2) is 48.5 Å². The predicted octanol–water partition coefficient (Wildman–Crippen LogP) is 0.384. The molecule has 0 heterocycles. The number of hydrogen-bond acceptors (Lipinski definition) is 4. The van der Waals surface area contributed by atoms with Crippen molar-refractivity contribution in [2.45, 2.75) is 13.1 Å². The van der Waals surface area contributed by atoms with Gasteiger partial charge in [-0.15, -0.1) is 0 Å². The third kappa shape index (κ3) is 4.47. The van der Waals surface area contributed by atoms with Crippen LogP contribution in [0.5, 0.6) is 0 Å². The summed E-state index contributed by atoms with van der Waals surface area (Å²) in [7, 11) is -6.47. The monoisotopic (exact) mass is 332 g/mol. The zero-order chi connectivity index (χ0) is 16.4. The molecule has 22 heavy (non-hydrogen) atoms. The van der Waals surface area contributed by atoms with Gasteiger partial charge < -0.3 is 19.2 Å². The minimum atomic E-state index is -3.23. The van der Waals surface area contributed by atoms with Gasteiger partial charge in [0.1, 0.15) is 0 Å². The van der Waals surface area contributed by atoms with Crippen molar-refractivity contribution < 1.29 is 19.2 Å². The number of hydrogen-bond donors (Lipinski definition) is 4. The lowest BCUT2D eigenvalue weighted by Crippen LogP contribution is -2.44. The molecule has 0 saturated heterocycles. The second-order valence-corrected chi connectivity index (χ2v) is 10.9. The molecule has 4 N–H and O–H groups in total. The maximum absolute atomic E-state index is 9.62. The lowest BCUT2D eigenvalue weighted by molar-refractivity contribution is 0.390. The third-order valence-electron chi connectivity index (χ3n) is 3.38. The van der Waals surface area contributed by atoms with E-state index in [1.54, 1.807) is 24.3 Å². The molecule has 0 fully saturated rings. The highest BCUT2D eigenvalue weighted by atomic mass is 28.4. The van der Waals surface area contributed by atoms with E-state index in [4.69, 9.17) is 0 Å². The molecule has 0 aromatic heterocycles. The van der Waals surface area contributed by atoms with Crippen LogP contribution in [0.1, 0.15) is 11.1 Å². The Kier molecular flexibility index (Phi) is 4.81. The quantitative estimate of drug-likeness (QED) is 0.482. The Hall–Kier alpha value is -1.55. The Bertz CT molecular complexity index is 591. The highest BCUT2D eigenvalue weighted by Crippen LogP contribution is 2.08. The van der Waals surface area contributed by atoms with Crippen molar-refractivity contribution in [1.82, 2.24) is 0 Å². The van der Waals surface area contributed by atoms with E-state index in [1.807, 2.05) is 36.4 Å². The second-order valence-electron chi connectivity index (χ2n) is 5.62. The summed E-state index contributed by atoms with van der Waals surface area (Å²) in [6, 6.07) is 14.2. The van der Waals surface area contributed by atoms with E-state index in [9.17, 15) is 19.2 Å². The number of rotatable bonds is 4. The first-order valence-electron chi connectivity index (χ1n) is 6.95. The minimum Gasteiger partial charge on any atom is -0.408 e. The van der Waals surface area contributed by atoms with Crippen molar-refractivity contribution in [3.63, 3.8) is 0 Å². The molecule has 116 valence electrons. The first-order chi connectivity index (χ1) is 10.2. The Balaban J connectivity index is 2.12. The van der Waals surface area contributed by atoms with E-state index in [2.05, 4.69) is 0 Å². The zero-order valence-corrected chi connectivity index (χ0v) is 14.6. The van der Waals surface area contributed by atoms with Crippen molar-refractivity contribution in [2.24, 2.45) is 0 Å². The minimum absolute atomic E-state index is 0.573. The molecule has 4 nitrogen and oxygen atoms in total. The van der Waals surface area contributed by atoms with E-state index in [0.29, 0.717) is 10.4 Å². The van der Waals surface area contributed by atoms with Gasteiger partial charge >= 0.3 is 17.1 Å². The molecular weight excluding hydrogens is 312 g/mol. The van der Waals surface area contributed by atoms with Crippen LogP contribution < -0.4 is 10.4 Å². The second kappa shape index (κ2) is 6.29. The van der Waals surface area contributed by atoms with Crippen LogP contribution in [0.25, 0.3) is 12.2 Å². The van der Waals surface area contributed by atoms with E-state index >= 15 is 0 Å². The summed E-state index contributed by atoms with van der Waals surface area (Å²) in [5.41, 5.74) is 1.91. The lowest BCUT2D eigenvalue weighted by Gasteiger charge is -2.12. The Morgan fingerprint density at radius 3 is 1.09 bits per heavy atom. The molecule has 0 amide bonds. The van der Waals surface area contributed by atoms with Crippen molar-refractivity contribution in [3.05, 3.63) is 59.7 Å². The highest BCUT2D eigenvalue weighted by molar-refractivity contribution is 6.77. The van der Waals surface area contributed by atoms with Gasteiger partial charge in [-0.05, 0) is 34.6 Å². The summed E-state index contributed by atoms with van der Waals surface area (Å²) in [6.07, 6.45) is 3.84. The van der Waals surface area contributed by atoms with Crippen LogP contribution in [0.3, 0.4) is 0 Å². The third-order valence-corrected chi connectivity index (χ3v) is 6.24. The maximum Gasteiger partial charge on any atom is 0.363 e. The van der Waals surface area contributed by atoms with Gasteiger partial charge in [0.25, 0.3) is 0 Å². The largest absolute Gasteiger partial charge is 0.408 e. The summed E-state index contributed by atoms with van der Waals surface area (Å²) in [5.74, 6) is 0. The standard InChI is InChI=1S/C16H20O4Si2/c1-21(17,18)15-9-5-13(6-10-15)3-4-14-7-11-16(12-8-14)22(2,19)20/h3-12,17-20H,1-2H3/b4-3+. The molecule has 6 heteroatoms. The van der Waals surface area contributed by atoms with Gasteiger partial charge in [0, 0.05) is 0 Å². The molecule has 0 aliphatic carbocycles. The molecule has 2 aromatic carbocycles. The molecular formula is C16H20O4Si2. The van der Waals surface area contributed by atoms with Crippen LogP contribution in [0, 0.1) is 0 Å². The zero-order valence-electron chi connectivity index (χ0n) is 12.6. The first-order valence-corrected chi connectivity index (χ1v) is 11.7. The lowest BCUT2D eigenvalue weighted by atomic mass is 10.1. The molecule has 0 radical (unpaired) electrons. The predicted molar refractivity (Wildman–Crippen MR) is 93.2 cm³/mol. The van der Waals surface area contributed by atoms with Crippen LogP contribution in [-0.4, -0.2) is 36.3 Å². The van der Waals surface area contributed by atoms with Crippen molar-refractivity contribution in [3.8, 4) is 0 Å². The molecule has 0 aliphatic heterocycles. The normalized spacial score (nSPS) is 12.8. The van der Waals surface area contributed by atoms with Crippen molar-refractivity contribution >= 4 is 39.6 Å². The molecule has 0 aliphatic rings. The van der Waals surface area contributed by atoms with Crippen LogP contribution >= 0.6 is 0 Å². The van der Waals surface area contributed by atoms with Gasteiger partial charge in [0.15, 0.2) is 0 Å². The molecule has 0 spiro atoms. The van der Waals surface area contributed by atoms with Gasteiger partial charge in [-0.2, -0.15) is 0 Å². The maximum atomic E-state index is 9.62. The Labute approximate surface area is 132 Å². The SMILES string of the molecule is C[Si](O)(O)c1ccc(/C=C/c2ccc([Si](C)(O)O)cc2)cc1. The molecule has 0 bridgehead atoms. The van der Waals surface area contributed by atoms with Gasteiger partial charge in [-0.3, -0.25) is 0 Å². The smallest absolute Gasteiger partial charge is 0.363 e. The fraction of sp³-hybridized carbons (Fsp3) is 0.125. The van der Waals surface area contributed by atoms with Gasteiger partial charge in [0.2, 0.25) is 0 Å². The van der Waals surface area contributed by atoms with Gasteiger partial charge in [-0.25, -0.2) is 0 Å². The molecule has 2 rings (SSSR count). The average Bonchev–Trinajstić information content (AvgIpc) is 2.44. The number of benzene rings is 2. The summed E-state index contributed by atoms with van der Waals surface area (Å²) < 4.78 is 0. The summed E-state index contributed by atoms with van der Waals surface area (Å²) in [4.78, 5) is 38.5. The fourth-order valence-corrected chi connectivity index (χ4v) is 3.61. The Morgan fingerprint density at radius 1 is 0.591 bits per heavy atom. The van der Waals surface area contributed by atoms with E-state index in [-0.39, 0.29) is 0 Å². The van der Waals surface area contributed by atoms with E-state index < -0.39 is 17.1 Å². The van der Waals surface area contributed by atoms with Crippen LogP contribution in [-0.2, 0) is 0 Å². The first kappa shape index (κ1) is 16.8. The topological polar surface area (TPSA) is 80.9 Å². The average molecular weight is 333 g/mol. The van der Waals surface area contributed by atoms with Gasteiger partial charge in [0.05, 0.1) is 0 Å². The highest BCUT2D eigenvalue weighted by Gasteiger charge is 2.24. The molecule has 0 unspecified atom stereocenters.